The van der Waals surface area contributed by atoms with E-state index in [9.17, 15) is 40.2 Å². The Balaban J connectivity index is 2.29. The molecule has 0 amide bonds. The zero-order valence-corrected chi connectivity index (χ0v) is 12.9. The number of carboxylic acids is 1. The number of aliphatic carboxylic acids is 1. The van der Waals surface area contributed by atoms with Gasteiger partial charge in [0.05, 0.1) is 6.10 Å². The van der Waals surface area contributed by atoms with E-state index in [2.05, 4.69) is 0 Å². The molecule has 2 unspecified atom stereocenters. The highest BCUT2D eigenvalue weighted by molar-refractivity contribution is 6.01. The van der Waals surface area contributed by atoms with Crippen LogP contribution in [0.15, 0.2) is 24.3 Å². The SMILES string of the molecule is O=C(O)C1(O)C[C@@H](O)C(O)[C@@](O)(C(=O)/C=C/c2ccc(O)c(O)c2)C1. The first-order valence-corrected chi connectivity index (χ1v) is 7.28. The minimum atomic E-state index is -2.71. The van der Waals surface area contributed by atoms with Gasteiger partial charge in [0.15, 0.2) is 28.5 Å². The van der Waals surface area contributed by atoms with Crippen molar-refractivity contribution in [2.75, 3.05) is 0 Å². The molecule has 0 aliphatic heterocycles. The average Bonchev–Trinajstić information content (AvgIpc) is 2.53. The third-order valence-electron chi connectivity index (χ3n) is 4.21. The molecule has 1 saturated carbocycles. The summed E-state index contributed by atoms with van der Waals surface area (Å²) in [5.41, 5.74) is -5.01. The van der Waals surface area contributed by atoms with E-state index < -0.39 is 53.8 Å². The quantitative estimate of drug-likeness (QED) is 0.257. The van der Waals surface area contributed by atoms with Crippen LogP contribution in [-0.2, 0) is 9.59 Å². The first-order chi connectivity index (χ1) is 11.5. The molecule has 136 valence electrons. The average molecular weight is 354 g/mol. The first kappa shape index (κ1) is 18.9. The number of carbonyl (C=O) groups excluding carboxylic acids is 1. The second-order valence-corrected chi connectivity index (χ2v) is 6.10. The molecule has 25 heavy (non-hydrogen) atoms. The summed E-state index contributed by atoms with van der Waals surface area (Å²) in [6, 6.07) is 3.64. The Bertz CT molecular complexity index is 728. The molecule has 0 aromatic heterocycles. The van der Waals surface area contributed by atoms with Crippen molar-refractivity contribution >= 4 is 17.8 Å². The molecule has 0 bridgehead atoms. The van der Waals surface area contributed by atoms with Crippen molar-refractivity contribution in [3.63, 3.8) is 0 Å². The van der Waals surface area contributed by atoms with Crippen molar-refractivity contribution in [1.29, 1.82) is 0 Å². The topological polar surface area (TPSA) is 176 Å². The Morgan fingerprint density at radius 2 is 1.76 bits per heavy atom. The number of phenolic OH excluding ortho intramolecular Hbond substituents is 2. The van der Waals surface area contributed by atoms with Crippen LogP contribution in [0.4, 0.5) is 0 Å². The summed E-state index contributed by atoms with van der Waals surface area (Å²) in [5, 5.41) is 67.7. The Kier molecular flexibility index (Phi) is 4.87. The highest BCUT2D eigenvalue weighted by Crippen LogP contribution is 2.37. The lowest BCUT2D eigenvalue weighted by molar-refractivity contribution is -0.212. The van der Waals surface area contributed by atoms with E-state index in [0.29, 0.717) is 0 Å². The van der Waals surface area contributed by atoms with Crippen molar-refractivity contribution in [3.8, 4) is 11.5 Å². The van der Waals surface area contributed by atoms with Gasteiger partial charge in [-0.15, -0.1) is 0 Å². The maximum atomic E-state index is 12.3. The Hall–Kier alpha value is -2.46. The van der Waals surface area contributed by atoms with Crippen LogP contribution >= 0.6 is 0 Å². The normalized spacial score (nSPS) is 32.6. The molecule has 9 heteroatoms. The van der Waals surface area contributed by atoms with Crippen molar-refractivity contribution in [3.05, 3.63) is 29.8 Å². The van der Waals surface area contributed by atoms with Crippen LogP contribution in [0.3, 0.4) is 0 Å². The van der Waals surface area contributed by atoms with Gasteiger partial charge in [-0.25, -0.2) is 4.79 Å². The number of aliphatic hydroxyl groups excluding tert-OH is 2. The summed E-state index contributed by atoms with van der Waals surface area (Å²) in [4.78, 5) is 23.4. The van der Waals surface area contributed by atoms with Crippen LogP contribution in [0, 0.1) is 0 Å². The van der Waals surface area contributed by atoms with E-state index in [1.807, 2.05) is 0 Å². The van der Waals surface area contributed by atoms with Crippen LogP contribution in [0.25, 0.3) is 6.08 Å². The van der Waals surface area contributed by atoms with Gasteiger partial charge in [-0.05, 0) is 23.8 Å². The van der Waals surface area contributed by atoms with E-state index in [1.54, 1.807) is 0 Å². The van der Waals surface area contributed by atoms with Gasteiger partial charge in [0.1, 0.15) is 6.10 Å². The Morgan fingerprint density at radius 3 is 2.32 bits per heavy atom. The van der Waals surface area contributed by atoms with E-state index >= 15 is 0 Å². The number of carboxylic acid groups (broad SMARTS) is 1. The molecule has 2 rings (SSSR count). The summed E-state index contributed by atoms with van der Waals surface area (Å²) < 4.78 is 0. The monoisotopic (exact) mass is 354 g/mol. The summed E-state index contributed by atoms with van der Waals surface area (Å²) in [6.07, 6.45) is -3.60. The van der Waals surface area contributed by atoms with Gasteiger partial charge in [0, 0.05) is 12.8 Å². The van der Waals surface area contributed by atoms with Gasteiger partial charge >= 0.3 is 5.97 Å². The largest absolute Gasteiger partial charge is 0.504 e. The third-order valence-corrected chi connectivity index (χ3v) is 4.21. The standard InChI is InChI=1S/C16H18O9/c17-9-3-1-8(5-10(9)18)2-4-12(20)16(25)7-15(24,14(22)23)6-11(19)13(16)21/h1-5,11,13,17-19,21,24-25H,6-7H2,(H,22,23)/b4-2+/t11-,13?,15?,16+/m1/s1. The number of aromatic hydroxyl groups is 2. The number of phenols is 2. The molecule has 1 aromatic rings. The number of carbonyl (C=O) groups is 2. The molecule has 9 nitrogen and oxygen atoms in total. The predicted molar refractivity (Wildman–Crippen MR) is 82.6 cm³/mol. The summed E-state index contributed by atoms with van der Waals surface area (Å²) in [7, 11) is 0. The molecule has 1 aliphatic rings. The molecule has 1 aromatic carbocycles. The minimum Gasteiger partial charge on any atom is -0.504 e. The van der Waals surface area contributed by atoms with E-state index in [-0.39, 0.29) is 11.3 Å². The molecular weight excluding hydrogens is 336 g/mol. The molecule has 4 atom stereocenters. The van der Waals surface area contributed by atoms with Crippen molar-refractivity contribution in [2.45, 2.75) is 36.3 Å². The second kappa shape index (κ2) is 6.45. The highest BCUT2D eigenvalue weighted by atomic mass is 16.4. The zero-order valence-electron chi connectivity index (χ0n) is 12.9. The lowest BCUT2D eigenvalue weighted by Crippen LogP contribution is -2.65. The number of hydrogen-bond donors (Lipinski definition) is 7. The minimum absolute atomic E-state index is 0.270. The van der Waals surface area contributed by atoms with Crippen LogP contribution in [0.5, 0.6) is 11.5 Å². The van der Waals surface area contributed by atoms with Gasteiger partial charge in [-0.2, -0.15) is 0 Å². The molecule has 7 N–H and O–H groups in total. The first-order valence-electron chi connectivity index (χ1n) is 7.28. The Labute approximate surface area is 141 Å². The lowest BCUT2D eigenvalue weighted by Gasteiger charge is -2.44. The molecule has 0 spiro atoms. The van der Waals surface area contributed by atoms with Crippen LogP contribution in [-0.4, -0.2) is 70.9 Å². The molecule has 1 fully saturated rings. The Morgan fingerprint density at radius 1 is 1.12 bits per heavy atom. The van der Waals surface area contributed by atoms with Crippen LogP contribution in [0.2, 0.25) is 0 Å². The number of rotatable bonds is 4. The fraction of sp³-hybridized carbons (Fsp3) is 0.375. The van der Waals surface area contributed by atoms with Gasteiger partial charge < -0.3 is 35.7 Å². The van der Waals surface area contributed by atoms with Crippen molar-refractivity contribution < 1.29 is 45.3 Å². The smallest absolute Gasteiger partial charge is 0.335 e. The fourth-order valence-corrected chi connectivity index (χ4v) is 2.75. The zero-order chi connectivity index (χ0) is 19.0. The second-order valence-electron chi connectivity index (χ2n) is 6.10. The maximum absolute atomic E-state index is 12.3. The summed E-state index contributed by atoms with van der Waals surface area (Å²) >= 11 is 0. The van der Waals surface area contributed by atoms with Gasteiger partial charge in [0.2, 0.25) is 0 Å². The third kappa shape index (κ3) is 3.49. The van der Waals surface area contributed by atoms with Crippen LogP contribution in [0.1, 0.15) is 18.4 Å². The highest BCUT2D eigenvalue weighted by Gasteiger charge is 2.58. The number of aliphatic hydroxyl groups is 4. The van der Waals surface area contributed by atoms with Crippen molar-refractivity contribution in [2.24, 2.45) is 0 Å². The summed E-state index contributed by atoms with van der Waals surface area (Å²) in [5.74, 6) is -3.69. The predicted octanol–water partition coefficient (Wildman–Crippen LogP) is -1.26. The number of benzene rings is 1. The molecular formula is C16H18O9. The van der Waals surface area contributed by atoms with E-state index in [4.69, 9.17) is 5.11 Å². The maximum Gasteiger partial charge on any atom is 0.335 e. The number of hydrogen-bond acceptors (Lipinski definition) is 8. The van der Waals surface area contributed by atoms with E-state index in [1.165, 1.54) is 6.07 Å². The van der Waals surface area contributed by atoms with Gasteiger partial charge in [0.25, 0.3) is 0 Å². The summed E-state index contributed by atoms with van der Waals surface area (Å²) in [6.45, 7) is 0. The van der Waals surface area contributed by atoms with Crippen LogP contribution < -0.4 is 0 Å². The van der Waals surface area contributed by atoms with E-state index in [0.717, 1.165) is 24.3 Å². The van der Waals surface area contributed by atoms with Gasteiger partial charge in [-0.3, -0.25) is 4.79 Å². The molecule has 1 aliphatic carbocycles. The molecule has 0 saturated heterocycles. The van der Waals surface area contributed by atoms with Crippen molar-refractivity contribution in [1.82, 2.24) is 0 Å². The number of ketones is 1. The fourth-order valence-electron chi connectivity index (χ4n) is 2.75. The lowest BCUT2D eigenvalue weighted by atomic mass is 9.70. The van der Waals surface area contributed by atoms with Gasteiger partial charge in [-0.1, -0.05) is 12.1 Å². The molecule has 0 radical (unpaired) electrons. The molecule has 0 heterocycles.